The van der Waals surface area contributed by atoms with Gasteiger partial charge in [0.05, 0.1) is 6.42 Å². The van der Waals surface area contributed by atoms with Crippen LogP contribution in [0.15, 0.2) is 54.6 Å². The van der Waals surface area contributed by atoms with Gasteiger partial charge in [0.15, 0.2) is 0 Å². The van der Waals surface area contributed by atoms with Crippen LogP contribution in [0.1, 0.15) is 107 Å². The topological polar surface area (TPSA) is 0 Å². The Labute approximate surface area is 174 Å². The Kier molecular flexibility index (Phi) is 12.5. The summed E-state index contributed by atoms with van der Waals surface area (Å²) in [5.74, 6) is 0. The van der Waals surface area contributed by atoms with Crippen LogP contribution < -0.4 is 0 Å². The quantitative estimate of drug-likeness (QED) is 0.257. The van der Waals surface area contributed by atoms with E-state index >= 15 is 0 Å². The zero-order valence-electron chi connectivity index (χ0n) is 18.1. The Morgan fingerprint density at radius 3 is 1.68 bits per heavy atom. The third-order valence-electron chi connectivity index (χ3n) is 5.56. The summed E-state index contributed by atoms with van der Waals surface area (Å²) in [6, 6.07) is 19.3. The third kappa shape index (κ3) is 10.7. The standard InChI is InChI=1S/C28H40/c1-2-3-4-5-6-7-8-9-10-11-12-13-15-19-27-22-18-23-28(25-27)24-26-20-16-14-17-21-26/h14,16-18,20-23,25H,2-13,15,19H2,1H3. The molecule has 0 amide bonds. The maximum atomic E-state index is 3.49. The molecule has 0 saturated heterocycles. The van der Waals surface area contributed by atoms with Crippen molar-refractivity contribution in [2.75, 3.05) is 0 Å². The fraction of sp³-hybridized carbons (Fsp3) is 0.536. The van der Waals surface area contributed by atoms with Crippen molar-refractivity contribution < 1.29 is 0 Å². The van der Waals surface area contributed by atoms with E-state index < -0.39 is 0 Å². The SMILES string of the molecule is CCCCCCCCCCCCCCCc1cccc([C]c2ccccc2)c1. The van der Waals surface area contributed by atoms with Crippen molar-refractivity contribution in [3.63, 3.8) is 0 Å². The average molecular weight is 377 g/mol. The van der Waals surface area contributed by atoms with Gasteiger partial charge < -0.3 is 0 Å². The maximum absolute atomic E-state index is 3.49. The fourth-order valence-corrected chi connectivity index (χ4v) is 3.84. The molecule has 0 heteroatoms. The lowest BCUT2D eigenvalue weighted by atomic mass is 9.99. The van der Waals surface area contributed by atoms with Crippen molar-refractivity contribution in [2.45, 2.75) is 96.8 Å². The predicted molar refractivity (Wildman–Crippen MR) is 124 cm³/mol. The van der Waals surface area contributed by atoms with Crippen LogP contribution in [0.4, 0.5) is 0 Å². The van der Waals surface area contributed by atoms with Crippen LogP contribution in [0.25, 0.3) is 0 Å². The number of unbranched alkanes of at least 4 members (excludes halogenated alkanes) is 12. The highest BCUT2D eigenvalue weighted by Gasteiger charge is 2.00. The van der Waals surface area contributed by atoms with Gasteiger partial charge in [0, 0.05) is 0 Å². The lowest BCUT2D eigenvalue weighted by Crippen LogP contribution is -1.90. The van der Waals surface area contributed by atoms with Crippen molar-refractivity contribution in [1.29, 1.82) is 0 Å². The summed E-state index contributed by atoms with van der Waals surface area (Å²) in [5.41, 5.74) is 3.79. The van der Waals surface area contributed by atoms with Gasteiger partial charge in [-0.2, -0.15) is 0 Å². The monoisotopic (exact) mass is 376 g/mol. The van der Waals surface area contributed by atoms with E-state index in [0.717, 1.165) is 5.56 Å². The Balaban J connectivity index is 1.47. The molecule has 28 heavy (non-hydrogen) atoms. The summed E-state index contributed by atoms with van der Waals surface area (Å²) in [7, 11) is 0. The molecule has 2 aromatic rings. The molecule has 0 atom stereocenters. The first kappa shape index (κ1) is 22.7. The van der Waals surface area contributed by atoms with E-state index in [9.17, 15) is 0 Å². The van der Waals surface area contributed by atoms with Crippen LogP contribution in [0, 0.1) is 6.42 Å². The zero-order valence-corrected chi connectivity index (χ0v) is 18.1. The van der Waals surface area contributed by atoms with Gasteiger partial charge in [-0.25, -0.2) is 0 Å². The molecule has 0 aliphatic heterocycles. The second-order valence-electron chi connectivity index (χ2n) is 8.18. The summed E-state index contributed by atoms with van der Waals surface area (Å²) in [4.78, 5) is 0. The van der Waals surface area contributed by atoms with E-state index in [-0.39, 0.29) is 0 Å². The fourth-order valence-electron chi connectivity index (χ4n) is 3.84. The zero-order chi connectivity index (χ0) is 19.7. The Morgan fingerprint density at radius 1 is 0.536 bits per heavy atom. The number of aryl methyl sites for hydroxylation is 1. The number of hydrogen-bond donors (Lipinski definition) is 0. The molecule has 0 heterocycles. The van der Waals surface area contributed by atoms with Crippen molar-refractivity contribution in [1.82, 2.24) is 0 Å². The minimum Gasteiger partial charge on any atom is -0.0654 e. The molecular formula is C28H40. The Hall–Kier alpha value is -1.56. The van der Waals surface area contributed by atoms with E-state index in [1.165, 1.54) is 101 Å². The van der Waals surface area contributed by atoms with Crippen molar-refractivity contribution in [3.8, 4) is 0 Å². The van der Waals surface area contributed by atoms with Gasteiger partial charge in [-0.15, -0.1) is 0 Å². The minimum absolute atomic E-state index is 1.15. The van der Waals surface area contributed by atoms with Crippen LogP contribution in [-0.4, -0.2) is 0 Å². The van der Waals surface area contributed by atoms with E-state index in [2.05, 4.69) is 67.9 Å². The van der Waals surface area contributed by atoms with Crippen LogP contribution in [-0.2, 0) is 6.42 Å². The summed E-state index contributed by atoms with van der Waals surface area (Å²) in [6.07, 6.45) is 23.1. The van der Waals surface area contributed by atoms with Gasteiger partial charge in [0.2, 0.25) is 0 Å². The molecule has 0 nitrogen and oxygen atoms in total. The average Bonchev–Trinajstić information content (AvgIpc) is 2.72. The molecule has 0 aliphatic carbocycles. The minimum atomic E-state index is 1.15. The van der Waals surface area contributed by atoms with Gasteiger partial charge in [0.25, 0.3) is 0 Å². The molecule has 0 saturated carbocycles. The second-order valence-corrected chi connectivity index (χ2v) is 8.18. The molecular weight excluding hydrogens is 336 g/mol. The van der Waals surface area contributed by atoms with Crippen molar-refractivity contribution >= 4 is 0 Å². The first-order chi connectivity index (χ1) is 13.9. The van der Waals surface area contributed by atoms with Gasteiger partial charge >= 0.3 is 0 Å². The molecule has 0 N–H and O–H groups in total. The molecule has 2 aromatic carbocycles. The number of benzene rings is 2. The molecule has 0 unspecified atom stereocenters. The number of hydrogen-bond acceptors (Lipinski definition) is 0. The molecule has 0 spiro atoms. The van der Waals surface area contributed by atoms with Gasteiger partial charge in [-0.05, 0) is 29.5 Å². The molecule has 152 valence electrons. The molecule has 0 bridgehead atoms. The van der Waals surface area contributed by atoms with Gasteiger partial charge in [0.1, 0.15) is 0 Å². The molecule has 0 aromatic heterocycles. The highest BCUT2D eigenvalue weighted by atomic mass is 14.0. The van der Waals surface area contributed by atoms with Crippen LogP contribution in [0.3, 0.4) is 0 Å². The molecule has 2 rings (SSSR count). The van der Waals surface area contributed by atoms with E-state index in [4.69, 9.17) is 0 Å². The highest BCUT2D eigenvalue weighted by Crippen LogP contribution is 2.16. The largest absolute Gasteiger partial charge is 0.0654 e. The maximum Gasteiger partial charge on any atom is 0.0501 e. The van der Waals surface area contributed by atoms with Crippen LogP contribution >= 0.6 is 0 Å². The summed E-state index contributed by atoms with van der Waals surface area (Å²) in [5, 5.41) is 0. The molecule has 2 radical (unpaired) electrons. The number of rotatable bonds is 16. The normalized spacial score (nSPS) is 11.0. The first-order valence-electron chi connectivity index (χ1n) is 11.8. The van der Waals surface area contributed by atoms with Crippen molar-refractivity contribution in [3.05, 3.63) is 77.7 Å². The van der Waals surface area contributed by atoms with Gasteiger partial charge in [-0.1, -0.05) is 139 Å². The lowest BCUT2D eigenvalue weighted by molar-refractivity contribution is 0.539. The second kappa shape index (κ2) is 15.4. The van der Waals surface area contributed by atoms with Crippen molar-refractivity contribution in [2.24, 2.45) is 0 Å². The summed E-state index contributed by atoms with van der Waals surface area (Å²) < 4.78 is 0. The predicted octanol–water partition coefficient (Wildman–Crippen LogP) is 8.80. The Morgan fingerprint density at radius 2 is 1.07 bits per heavy atom. The van der Waals surface area contributed by atoms with E-state index in [1.54, 1.807) is 0 Å². The van der Waals surface area contributed by atoms with Crippen LogP contribution in [0.2, 0.25) is 0 Å². The smallest absolute Gasteiger partial charge is 0.0501 e. The highest BCUT2D eigenvalue weighted by molar-refractivity contribution is 5.38. The Bertz CT molecular complexity index is 598. The van der Waals surface area contributed by atoms with Crippen LogP contribution in [0.5, 0.6) is 0 Å². The van der Waals surface area contributed by atoms with E-state index in [0.29, 0.717) is 0 Å². The van der Waals surface area contributed by atoms with E-state index in [1.807, 2.05) is 0 Å². The lowest BCUT2D eigenvalue weighted by Gasteiger charge is -2.06. The summed E-state index contributed by atoms with van der Waals surface area (Å²) >= 11 is 0. The van der Waals surface area contributed by atoms with Gasteiger partial charge in [-0.3, -0.25) is 0 Å². The molecule has 0 fully saturated rings. The third-order valence-corrected chi connectivity index (χ3v) is 5.56. The summed E-state index contributed by atoms with van der Waals surface area (Å²) in [6.45, 7) is 2.29. The molecule has 0 aliphatic rings. The first-order valence-corrected chi connectivity index (χ1v) is 11.8.